The average Bonchev–Trinajstić information content (AvgIpc) is 3.20. The van der Waals surface area contributed by atoms with Crippen molar-refractivity contribution < 1.29 is 14.6 Å². The Hall–Kier alpha value is -0.610. The van der Waals surface area contributed by atoms with Gasteiger partial charge in [0.25, 0.3) is 0 Å². The molecule has 0 saturated heterocycles. The van der Waals surface area contributed by atoms with Crippen LogP contribution in [0.3, 0.4) is 0 Å². The van der Waals surface area contributed by atoms with Crippen LogP contribution in [0.4, 0.5) is 0 Å². The first kappa shape index (κ1) is 15.4. The molecular formula is C14H27NO3. The molecule has 0 spiro atoms. The monoisotopic (exact) mass is 257 g/mol. The highest BCUT2D eigenvalue weighted by molar-refractivity contribution is 5.77. The van der Waals surface area contributed by atoms with E-state index in [1.807, 2.05) is 0 Å². The van der Waals surface area contributed by atoms with Crippen LogP contribution in [0.1, 0.15) is 51.4 Å². The number of ether oxygens (including phenoxy) is 1. The molecule has 18 heavy (non-hydrogen) atoms. The van der Waals surface area contributed by atoms with Gasteiger partial charge in [0.05, 0.1) is 12.5 Å². The van der Waals surface area contributed by atoms with Gasteiger partial charge in [-0.1, -0.05) is 32.1 Å². The minimum absolute atomic E-state index is 0.140. The predicted molar refractivity (Wildman–Crippen MR) is 71.0 cm³/mol. The number of hydrogen-bond donors (Lipinski definition) is 2. The zero-order chi connectivity index (χ0) is 13.4. The maximum atomic E-state index is 12.0. The summed E-state index contributed by atoms with van der Waals surface area (Å²) in [6, 6.07) is 0. The predicted octanol–water partition coefficient (Wildman–Crippen LogP) is 1.85. The fraction of sp³-hybridized carbons (Fsp3) is 0.929. The van der Waals surface area contributed by atoms with Crippen molar-refractivity contribution in [1.29, 1.82) is 0 Å². The third-order valence-corrected chi connectivity index (χ3v) is 3.95. The second-order valence-corrected chi connectivity index (χ2v) is 5.51. The lowest BCUT2D eigenvalue weighted by Gasteiger charge is -2.29. The lowest BCUT2D eigenvalue weighted by atomic mass is 9.78. The molecule has 1 fully saturated rings. The van der Waals surface area contributed by atoms with Crippen LogP contribution in [0.2, 0.25) is 0 Å². The summed E-state index contributed by atoms with van der Waals surface area (Å²) in [6.45, 7) is 0.636. The van der Waals surface area contributed by atoms with Gasteiger partial charge in [-0.25, -0.2) is 0 Å². The Morgan fingerprint density at radius 1 is 1.33 bits per heavy atom. The van der Waals surface area contributed by atoms with Crippen molar-refractivity contribution in [3.63, 3.8) is 0 Å². The Morgan fingerprint density at radius 2 is 2.00 bits per heavy atom. The first-order valence-electron chi connectivity index (χ1n) is 7.08. The van der Waals surface area contributed by atoms with Crippen LogP contribution < -0.4 is 5.73 Å². The van der Waals surface area contributed by atoms with Crippen LogP contribution >= 0.6 is 0 Å². The molecule has 0 aromatic carbocycles. The molecule has 1 aliphatic carbocycles. The third-order valence-electron chi connectivity index (χ3n) is 3.95. The number of methoxy groups -OCH3 is 1. The number of unbranched alkanes of at least 4 members (excludes halogenated alkanes) is 3. The molecule has 1 aliphatic rings. The Bertz CT molecular complexity index is 253. The van der Waals surface area contributed by atoms with E-state index in [9.17, 15) is 4.79 Å². The van der Waals surface area contributed by atoms with Crippen molar-refractivity contribution in [2.45, 2.75) is 51.4 Å². The summed E-state index contributed by atoms with van der Waals surface area (Å²) in [7, 11) is 1.45. The normalized spacial score (nSPS) is 18.4. The van der Waals surface area contributed by atoms with Crippen LogP contribution in [-0.4, -0.2) is 31.3 Å². The molecular weight excluding hydrogens is 230 g/mol. The number of rotatable bonds is 10. The van der Waals surface area contributed by atoms with Crippen LogP contribution in [-0.2, 0) is 9.53 Å². The maximum Gasteiger partial charge on any atom is 0.313 e. The Morgan fingerprint density at radius 3 is 2.50 bits per heavy atom. The minimum Gasteiger partial charge on any atom is -0.469 e. The molecule has 0 aliphatic heterocycles. The fourth-order valence-corrected chi connectivity index (χ4v) is 2.58. The van der Waals surface area contributed by atoms with Gasteiger partial charge >= 0.3 is 5.97 Å². The SMILES string of the molecule is COC(=O)C(CN)(CCCCCCO)CC1CC1. The minimum atomic E-state index is -0.463. The van der Waals surface area contributed by atoms with Crippen molar-refractivity contribution in [3.8, 4) is 0 Å². The van der Waals surface area contributed by atoms with Crippen molar-refractivity contribution in [3.05, 3.63) is 0 Å². The quantitative estimate of drug-likeness (QED) is 0.463. The Kier molecular flexibility index (Phi) is 6.65. The topological polar surface area (TPSA) is 72.5 Å². The summed E-state index contributed by atoms with van der Waals surface area (Å²) in [4.78, 5) is 12.0. The standard InChI is InChI=1S/C14H27NO3/c1-18-13(17)14(11-15,10-12-6-7-12)8-4-2-3-5-9-16/h12,16H,2-11,15H2,1H3. The lowest BCUT2D eigenvalue weighted by molar-refractivity contribution is -0.153. The summed E-state index contributed by atoms with van der Waals surface area (Å²) in [6.07, 6.45) is 8.04. The molecule has 1 unspecified atom stereocenters. The number of carbonyl (C=O) groups is 1. The van der Waals surface area contributed by atoms with E-state index in [2.05, 4.69) is 0 Å². The molecule has 106 valence electrons. The number of hydrogen-bond acceptors (Lipinski definition) is 4. The van der Waals surface area contributed by atoms with Crippen molar-refractivity contribution >= 4 is 5.97 Å². The maximum absolute atomic E-state index is 12.0. The summed E-state index contributed by atoms with van der Waals surface area (Å²) < 4.78 is 4.95. The highest BCUT2D eigenvalue weighted by Crippen LogP contribution is 2.43. The molecule has 1 saturated carbocycles. The molecule has 4 heteroatoms. The molecule has 0 amide bonds. The van der Waals surface area contributed by atoms with E-state index >= 15 is 0 Å². The second-order valence-electron chi connectivity index (χ2n) is 5.51. The van der Waals surface area contributed by atoms with E-state index in [1.54, 1.807) is 0 Å². The zero-order valence-electron chi connectivity index (χ0n) is 11.5. The van der Waals surface area contributed by atoms with Crippen LogP contribution in [0.5, 0.6) is 0 Å². The van der Waals surface area contributed by atoms with E-state index < -0.39 is 5.41 Å². The van der Waals surface area contributed by atoms with E-state index in [0.717, 1.165) is 38.5 Å². The van der Waals surface area contributed by atoms with Crippen LogP contribution in [0.15, 0.2) is 0 Å². The molecule has 1 atom stereocenters. The van der Waals surface area contributed by atoms with Gasteiger partial charge in [-0.3, -0.25) is 4.79 Å². The van der Waals surface area contributed by atoms with E-state index in [-0.39, 0.29) is 12.6 Å². The highest BCUT2D eigenvalue weighted by atomic mass is 16.5. The zero-order valence-corrected chi connectivity index (χ0v) is 11.5. The first-order valence-corrected chi connectivity index (χ1v) is 7.08. The molecule has 0 aromatic heterocycles. The molecule has 3 N–H and O–H groups in total. The van der Waals surface area contributed by atoms with E-state index in [0.29, 0.717) is 12.5 Å². The van der Waals surface area contributed by atoms with Gasteiger partial charge in [0.1, 0.15) is 0 Å². The Balaban J connectivity index is 2.44. The van der Waals surface area contributed by atoms with Gasteiger partial charge in [0, 0.05) is 13.2 Å². The second kappa shape index (κ2) is 7.74. The van der Waals surface area contributed by atoms with Crippen molar-refractivity contribution in [2.75, 3.05) is 20.3 Å². The summed E-state index contributed by atoms with van der Waals surface area (Å²) in [5, 5.41) is 8.73. The van der Waals surface area contributed by atoms with Gasteiger partial charge in [-0.05, 0) is 25.2 Å². The molecule has 0 aromatic rings. The van der Waals surface area contributed by atoms with E-state index in [1.165, 1.54) is 20.0 Å². The summed E-state index contributed by atoms with van der Waals surface area (Å²) in [5.74, 6) is 0.532. The van der Waals surface area contributed by atoms with Crippen LogP contribution in [0.25, 0.3) is 0 Å². The smallest absolute Gasteiger partial charge is 0.313 e. The van der Waals surface area contributed by atoms with E-state index in [4.69, 9.17) is 15.6 Å². The largest absolute Gasteiger partial charge is 0.469 e. The molecule has 1 rings (SSSR count). The number of aliphatic hydroxyl groups is 1. The highest BCUT2D eigenvalue weighted by Gasteiger charge is 2.42. The number of carbonyl (C=O) groups excluding carboxylic acids is 1. The summed E-state index contributed by atoms with van der Waals surface area (Å²) >= 11 is 0. The Labute approximate surface area is 110 Å². The van der Waals surface area contributed by atoms with Crippen molar-refractivity contribution in [2.24, 2.45) is 17.1 Å². The molecule has 0 bridgehead atoms. The van der Waals surface area contributed by atoms with Crippen LogP contribution in [0, 0.1) is 11.3 Å². The van der Waals surface area contributed by atoms with Crippen molar-refractivity contribution in [1.82, 2.24) is 0 Å². The fourth-order valence-electron chi connectivity index (χ4n) is 2.58. The van der Waals surface area contributed by atoms with Gasteiger partial charge in [0.15, 0.2) is 0 Å². The van der Waals surface area contributed by atoms with Gasteiger partial charge in [-0.2, -0.15) is 0 Å². The molecule has 4 nitrogen and oxygen atoms in total. The van der Waals surface area contributed by atoms with Gasteiger partial charge in [0.2, 0.25) is 0 Å². The molecule has 0 heterocycles. The number of esters is 1. The first-order chi connectivity index (χ1) is 8.68. The molecule has 0 radical (unpaired) electrons. The lowest BCUT2D eigenvalue weighted by Crippen LogP contribution is -2.40. The van der Waals surface area contributed by atoms with Gasteiger partial charge < -0.3 is 15.6 Å². The average molecular weight is 257 g/mol. The van der Waals surface area contributed by atoms with Gasteiger partial charge in [-0.15, -0.1) is 0 Å². The number of aliphatic hydroxyl groups excluding tert-OH is 1. The summed E-state index contributed by atoms with van der Waals surface area (Å²) in [5.41, 5.74) is 5.40. The number of nitrogens with two attached hydrogens (primary N) is 1. The third kappa shape index (κ3) is 4.58.